The van der Waals surface area contributed by atoms with Crippen molar-refractivity contribution in [1.29, 1.82) is 0 Å². The van der Waals surface area contributed by atoms with E-state index in [-0.39, 0.29) is 7.43 Å². The van der Waals surface area contributed by atoms with Gasteiger partial charge < -0.3 is 0 Å². The average molecular weight is 86.2 g/mol. The molecule has 38 valence electrons. The standard InChI is InChI=1S/C5H10.CH4/c1-2-4-5-3-1;/h1-5H2;1H4. The van der Waals surface area contributed by atoms with Crippen LogP contribution in [0, 0.1) is 0 Å². The van der Waals surface area contributed by atoms with Crippen molar-refractivity contribution in [2.75, 3.05) is 0 Å². The molecular weight excluding hydrogens is 72.1 g/mol. The van der Waals surface area contributed by atoms with Crippen LogP contribution in [0.5, 0.6) is 0 Å². The first kappa shape index (κ1) is 6.00. The fourth-order valence-corrected chi connectivity index (χ4v) is 0.884. The van der Waals surface area contributed by atoms with Crippen molar-refractivity contribution in [1.82, 2.24) is 0 Å². The lowest BCUT2D eigenvalue weighted by Crippen LogP contribution is -1.47. The van der Waals surface area contributed by atoms with E-state index in [1.165, 1.54) is 32.1 Å². The van der Waals surface area contributed by atoms with E-state index < -0.39 is 0 Å². The number of hydrogen-bond acceptors (Lipinski definition) is 0. The number of hydrogen-bond donors (Lipinski definition) is 0. The van der Waals surface area contributed by atoms with Crippen molar-refractivity contribution in [2.45, 2.75) is 39.5 Å². The predicted octanol–water partition coefficient (Wildman–Crippen LogP) is 2.59. The third-order valence-corrected chi connectivity index (χ3v) is 1.25. The molecule has 0 aromatic rings. The summed E-state index contributed by atoms with van der Waals surface area (Å²) in [5.41, 5.74) is 0. The first-order valence-corrected chi connectivity index (χ1v) is 2.50. The topological polar surface area (TPSA) is 0 Å². The molecule has 0 saturated heterocycles. The Morgan fingerprint density at radius 3 is 0.833 bits per heavy atom. The zero-order valence-electron chi connectivity index (χ0n) is 3.54. The molecule has 1 aliphatic carbocycles. The highest BCUT2D eigenvalue weighted by Crippen LogP contribution is 2.15. The van der Waals surface area contributed by atoms with Crippen LogP contribution >= 0.6 is 0 Å². The fraction of sp³-hybridized carbons (Fsp3) is 1.00. The second-order valence-corrected chi connectivity index (χ2v) is 1.77. The van der Waals surface area contributed by atoms with Gasteiger partial charge in [0.15, 0.2) is 0 Å². The zero-order chi connectivity index (χ0) is 3.54. The Bertz CT molecular complexity index is 11.6. The van der Waals surface area contributed by atoms with Crippen molar-refractivity contribution < 1.29 is 0 Å². The van der Waals surface area contributed by atoms with Gasteiger partial charge >= 0.3 is 0 Å². The Kier molecular flexibility index (Phi) is 3.20. The quantitative estimate of drug-likeness (QED) is 0.425. The zero-order valence-corrected chi connectivity index (χ0v) is 3.54. The maximum Gasteiger partial charge on any atom is -0.0533 e. The minimum Gasteiger partial charge on any atom is -0.0776 e. The van der Waals surface area contributed by atoms with Gasteiger partial charge in [0.25, 0.3) is 0 Å². The highest BCUT2D eigenvalue weighted by molar-refractivity contribution is 4.51. The van der Waals surface area contributed by atoms with E-state index in [0.29, 0.717) is 0 Å². The Labute approximate surface area is 40.6 Å². The number of rotatable bonds is 0. The summed E-state index contributed by atoms with van der Waals surface area (Å²) in [6.07, 6.45) is 7.50. The molecule has 0 aromatic carbocycles. The molecular formula is C6H14. The second kappa shape index (κ2) is 3.20. The van der Waals surface area contributed by atoms with Gasteiger partial charge in [-0.3, -0.25) is 0 Å². The maximum absolute atomic E-state index is 1.50. The van der Waals surface area contributed by atoms with Crippen molar-refractivity contribution in [3.8, 4) is 0 Å². The summed E-state index contributed by atoms with van der Waals surface area (Å²) in [6, 6.07) is 0. The van der Waals surface area contributed by atoms with E-state index >= 15 is 0 Å². The van der Waals surface area contributed by atoms with Crippen molar-refractivity contribution in [3.63, 3.8) is 0 Å². The molecule has 6 heavy (non-hydrogen) atoms. The summed E-state index contributed by atoms with van der Waals surface area (Å²) < 4.78 is 0. The Balaban J connectivity index is 0.000000250. The smallest absolute Gasteiger partial charge is 0.0533 e. The molecule has 0 N–H and O–H groups in total. The lowest BCUT2D eigenvalue weighted by Gasteiger charge is -1.67. The molecule has 0 heterocycles. The van der Waals surface area contributed by atoms with Crippen molar-refractivity contribution in [2.24, 2.45) is 0 Å². The van der Waals surface area contributed by atoms with E-state index in [4.69, 9.17) is 0 Å². The van der Waals surface area contributed by atoms with Crippen molar-refractivity contribution >= 4 is 0 Å². The molecule has 1 fully saturated rings. The maximum atomic E-state index is 1.50. The second-order valence-electron chi connectivity index (χ2n) is 1.77. The molecule has 0 aliphatic heterocycles. The molecule has 0 atom stereocenters. The van der Waals surface area contributed by atoms with Gasteiger partial charge in [0.2, 0.25) is 0 Å². The molecule has 1 rings (SSSR count). The highest BCUT2D eigenvalue weighted by atomic mass is 14.0. The van der Waals surface area contributed by atoms with Gasteiger partial charge in [0, 0.05) is 0 Å². The van der Waals surface area contributed by atoms with E-state index in [0.717, 1.165) is 0 Å². The van der Waals surface area contributed by atoms with E-state index in [1.54, 1.807) is 0 Å². The van der Waals surface area contributed by atoms with Gasteiger partial charge in [-0.05, 0) is 0 Å². The molecule has 0 aromatic heterocycles. The minimum absolute atomic E-state index is 0. The lowest BCUT2D eigenvalue weighted by atomic mass is 10.4. The van der Waals surface area contributed by atoms with Crippen LogP contribution in [-0.4, -0.2) is 0 Å². The van der Waals surface area contributed by atoms with E-state index in [2.05, 4.69) is 0 Å². The molecule has 0 nitrogen and oxygen atoms in total. The summed E-state index contributed by atoms with van der Waals surface area (Å²) in [5.74, 6) is 0. The summed E-state index contributed by atoms with van der Waals surface area (Å²) in [6.45, 7) is 0. The molecule has 0 amide bonds. The normalized spacial score (nSPS) is 20.0. The third kappa shape index (κ3) is 1.44. The fourth-order valence-electron chi connectivity index (χ4n) is 0.884. The van der Waals surface area contributed by atoms with Crippen LogP contribution in [0.25, 0.3) is 0 Å². The summed E-state index contributed by atoms with van der Waals surface area (Å²) >= 11 is 0. The van der Waals surface area contributed by atoms with E-state index in [9.17, 15) is 0 Å². The molecule has 1 saturated carbocycles. The van der Waals surface area contributed by atoms with Crippen LogP contribution < -0.4 is 0 Å². The Hall–Kier alpha value is 0. The van der Waals surface area contributed by atoms with Crippen molar-refractivity contribution in [3.05, 3.63) is 0 Å². The van der Waals surface area contributed by atoms with Crippen LogP contribution in [0.3, 0.4) is 0 Å². The van der Waals surface area contributed by atoms with Gasteiger partial charge in [-0.1, -0.05) is 39.5 Å². The van der Waals surface area contributed by atoms with Crippen LogP contribution in [0.1, 0.15) is 39.5 Å². The molecule has 0 spiro atoms. The minimum atomic E-state index is 0. The third-order valence-electron chi connectivity index (χ3n) is 1.25. The monoisotopic (exact) mass is 86.1 g/mol. The largest absolute Gasteiger partial charge is 0.0776 e. The average Bonchev–Trinajstić information content (AvgIpc) is 1.76. The Morgan fingerprint density at radius 1 is 0.500 bits per heavy atom. The van der Waals surface area contributed by atoms with Gasteiger partial charge in [-0.25, -0.2) is 0 Å². The molecule has 0 bridgehead atoms. The first-order chi connectivity index (χ1) is 2.50. The van der Waals surface area contributed by atoms with E-state index in [1.807, 2.05) is 0 Å². The van der Waals surface area contributed by atoms with Gasteiger partial charge in [-0.2, -0.15) is 0 Å². The van der Waals surface area contributed by atoms with Gasteiger partial charge in [-0.15, -0.1) is 0 Å². The van der Waals surface area contributed by atoms with Crippen LogP contribution in [0.15, 0.2) is 0 Å². The predicted molar refractivity (Wildman–Crippen MR) is 29.8 cm³/mol. The summed E-state index contributed by atoms with van der Waals surface area (Å²) in [4.78, 5) is 0. The lowest BCUT2D eigenvalue weighted by molar-refractivity contribution is 0.886. The summed E-state index contributed by atoms with van der Waals surface area (Å²) in [7, 11) is 0. The molecule has 0 radical (unpaired) electrons. The molecule has 1 aliphatic rings. The SMILES string of the molecule is C.C1CCCC1. The summed E-state index contributed by atoms with van der Waals surface area (Å²) in [5, 5.41) is 0. The highest BCUT2D eigenvalue weighted by Gasteiger charge is 1.95. The van der Waals surface area contributed by atoms with Crippen LogP contribution in [-0.2, 0) is 0 Å². The Morgan fingerprint density at radius 2 is 0.667 bits per heavy atom. The van der Waals surface area contributed by atoms with Crippen LogP contribution in [0.2, 0.25) is 0 Å². The van der Waals surface area contributed by atoms with Gasteiger partial charge in [0.05, 0.1) is 0 Å². The van der Waals surface area contributed by atoms with Crippen LogP contribution in [0.4, 0.5) is 0 Å². The van der Waals surface area contributed by atoms with Gasteiger partial charge in [0.1, 0.15) is 0 Å². The molecule has 0 unspecified atom stereocenters. The molecule has 0 heteroatoms. The first-order valence-electron chi connectivity index (χ1n) is 2.50.